The first kappa shape index (κ1) is 19.5. The Morgan fingerprint density at radius 1 is 1.19 bits per heavy atom. The van der Waals surface area contributed by atoms with Crippen molar-refractivity contribution < 1.29 is 27.5 Å². The van der Waals surface area contributed by atoms with E-state index >= 15 is 0 Å². The Kier molecular flexibility index (Phi) is 5.62. The van der Waals surface area contributed by atoms with E-state index in [1.54, 1.807) is 0 Å². The third kappa shape index (κ3) is 4.20. The van der Waals surface area contributed by atoms with Gasteiger partial charge in [0.25, 0.3) is 0 Å². The van der Waals surface area contributed by atoms with Crippen LogP contribution in [0, 0.1) is 0 Å². The maximum Gasteiger partial charge on any atom is 0.419 e. The number of halogens is 3. The Balaban J connectivity index is 1.74. The van der Waals surface area contributed by atoms with E-state index in [4.69, 9.17) is 4.74 Å². The Morgan fingerprint density at radius 2 is 1.81 bits per heavy atom. The SMILES string of the molecule is CCC1C(c2ccc(C(F)(F)F)cc2)OC(=O)N1C(=O)NC1CCCCC1. The number of ether oxygens (including phenoxy) is 1. The van der Waals surface area contributed by atoms with Crippen molar-refractivity contribution in [2.24, 2.45) is 0 Å². The Morgan fingerprint density at radius 3 is 2.37 bits per heavy atom. The maximum atomic E-state index is 12.7. The minimum Gasteiger partial charge on any atom is -0.439 e. The first-order valence-corrected chi connectivity index (χ1v) is 9.28. The van der Waals surface area contributed by atoms with Crippen LogP contribution in [-0.4, -0.2) is 29.1 Å². The van der Waals surface area contributed by atoms with Gasteiger partial charge in [0.2, 0.25) is 0 Å². The molecule has 5 nitrogen and oxygen atoms in total. The number of benzene rings is 1. The van der Waals surface area contributed by atoms with Crippen LogP contribution < -0.4 is 5.32 Å². The van der Waals surface area contributed by atoms with Gasteiger partial charge in [-0.2, -0.15) is 13.2 Å². The van der Waals surface area contributed by atoms with Crippen LogP contribution in [0.4, 0.5) is 22.8 Å². The number of amides is 3. The lowest BCUT2D eigenvalue weighted by Gasteiger charge is -2.27. The summed E-state index contributed by atoms with van der Waals surface area (Å²) < 4.78 is 43.6. The Bertz CT molecular complexity index is 684. The molecule has 0 aromatic heterocycles. The van der Waals surface area contributed by atoms with Gasteiger partial charge in [0, 0.05) is 6.04 Å². The van der Waals surface area contributed by atoms with Crippen molar-refractivity contribution in [3.63, 3.8) is 0 Å². The summed E-state index contributed by atoms with van der Waals surface area (Å²) in [5.74, 6) is 0. The van der Waals surface area contributed by atoms with Crippen LogP contribution in [0.25, 0.3) is 0 Å². The molecule has 3 amide bonds. The molecule has 8 heteroatoms. The third-order valence-corrected chi connectivity index (χ3v) is 5.24. The first-order chi connectivity index (χ1) is 12.8. The maximum absolute atomic E-state index is 12.7. The molecular weight excluding hydrogens is 361 g/mol. The topological polar surface area (TPSA) is 58.6 Å². The minimum atomic E-state index is -4.43. The van der Waals surface area contributed by atoms with Gasteiger partial charge in [-0.3, -0.25) is 0 Å². The van der Waals surface area contributed by atoms with Crippen LogP contribution in [0.15, 0.2) is 24.3 Å². The molecule has 148 valence electrons. The molecule has 1 saturated carbocycles. The van der Waals surface area contributed by atoms with Crippen LogP contribution in [0.1, 0.15) is 62.7 Å². The lowest BCUT2D eigenvalue weighted by molar-refractivity contribution is -0.137. The smallest absolute Gasteiger partial charge is 0.419 e. The molecule has 0 bridgehead atoms. The molecule has 0 radical (unpaired) electrons. The quantitative estimate of drug-likeness (QED) is 0.796. The zero-order valence-electron chi connectivity index (χ0n) is 15.1. The second kappa shape index (κ2) is 7.78. The van der Waals surface area contributed by atoms with Gasteiger partial charge >= 0.3 is 18.3 Å². The molecule has 27 heavy (non-hydrogen) atoms. The van der Waals surface area contributed by atoms with Gasteiger partial charge in [-0.1, -0.05) is 38.3 Å². The van der Waals surface area contributed by atoms with Gasteiger partial charge in [-0.05, 0) is 37.0 Å². The monoisotopic (exact) mass is 384 g/mol. The van der Waals surface area contributed by atoms with E-state index < -0.39 is 36.0 Å². The largest absolute Gasteiger partial charge is 0.439 e. The summed E-state index contributed by atoms with van der Waals surface area (Å²) in [7, 11) is 0. The number of imide groups is 1. The number of urea groups is 1. The summed E-state index contributed by atoms with van der Waals surface area (Å²) in [6.45, 7) is 1.81. The number of rotatable bonds is 3. The van der Waals surface area contributed by atoms with Crippen LogP contribution >= 0.6 is 0 Å². The molecule has 1 aliphatic carbocycles. The molecule has 2 aliphatic rings. The molecule has 1 N–H and O–H groups in total. The molecular formula is C19H23F3N2O3. The highest BCUT2D eigenvalue weighted by molar-refractivity contribution is 5.93. The number of alkyl halides is 3. The van der Waals surface area contributed by atoms with Crippen molar-refractivity contribution in [2.45, 2.75) is 69.8 Å². The van der Waals surface area contributed by atoms with Gasteiger partial charge in [0.05, 0.1) is 11.6 Å². The summed E-state index contributed by atoms with van der Waals surface area (Å²) in [5.41, 5.74) is -0.327. The molecule has 2 atom stereocenters. The summed E-state index contributed by atoms with van der Waals surface area (Å²) in [6, 6.07) is 3.51. The van der Waals surface area contributed by atoms with Gasteiger partial charge in [-0.25, -0.2) is 14.5 Å². The van der Waals surface area contributed by atoms with Crippen molar-refractivity contribution >= 4 is 12.1 Å². The summed E-state index contributed by atoms with van der Waals surface area (Å²) in [6.07, 6.45) is -0.535. The molecule has 2 unspecified atom stereocenters. The fourth-order valence-corrected chi connectivity index (χ4v) is 3.79. The van der Waals surface area contributed by atoms with Gasteiger partial charge < -0.3 is 10.1 Å². The number of nitrogens with one attached hydrogen (secondary N) is 1. The van der Waals surface area contributed by atoms with Gasteiger partial charge in [-0.15, -0.1) is 0 Å². The fourth-order valence-electron chi connectivity index (χ4n) is 3.79. The van der Waals surface area contributed by atoms with E-state index in [1.165, 1.54) is 12.1 Å². The minimum absolute atomic E-state index is 0.0432. The van der Waals surface area contributed by atoms with Gasteiger partial charge in [0.1, 0.15) is 6.10 Å². The molecule has 1 heterocycles. The summed E-state index contributed by atoms with van der Waals surface area (Å²) in [5, 5.41) is 2.89. The van der Waals surface area contributed by atoms with Crippen LogP contribution in [-0.2, 0) is 10.9 Å². The number of cyclic esters (lactones) is 1. The molecule has 3 rings (SSSR count). The van der Waals surface area contributed by atoms with Crippen LogP contribution in [0.5, 0.6) is 0 Å². The number of carbonyl (C=O) groups excluding carboxylic acids is 2. The Hall–Kier alpha value is -2.25. The fraction of sp³-hybridized carbons (Fsp3) is 0.579. The van der Waals surface area contributed by atoms with Crippen LogP contribution in [0.3, 0.4) is 0 Å². The highest BCUT2D eigenvalue weighted by atomic mass is 19.4. The van der Waals surface area contributed by atoms with E-state index in [0.29, 0.717) is 12.0 Å². The second-order valence-corrected chi connectivity index (χ2v) is 7.05. The lowest BCUT2D eigenvalue weighted by Crippen LogP contribution is -2.49. The van der Waals surface area contributed by atoms with Crippen molar-refractivity contribution in [1.29, 1.82) is 0 Å². The normalized spacial score (nSPS) is 24.0. The number of hydrogen-bond acceptors (Lipinski definition) is 3. The zero-order chi connectivity index (χ0) is 19.6. The number of carbonyl (C=O) groups is 2. The van der Waals surface area contributed by atoms with E-state index in [-0.39, 0.29) is 6.04 Å². The average Bonchev–Trinajstić information content (AvgIpc) is 2.98. The molecule has 0 spiro atoms. The van der Waals surface area contributed by atoms with E-state index in [0.717, 1.165) is 49.1 Å². The molecule has 2 fully saturated rings. The van der Waals surface area contributed by atoms with Crippen LogP contribution in [0.2, 0.25) is 0 Å². The van der Waals surface area contributed by atoms with Crippen molar-refractivity contribution in [1.82, 2.24) is 10.2 Å². The lowest BCUT2D eigenvalue weighted by atomic mass is 9.95. The number of nitrogens with zero attached hydrogens (tertiary/aromatic N) is 1. The van der Waals surface area contributed by atoms with Crippen molar-refractivity contribution in [3.8, 4) is 0 Å². The van der Waals surface area contributed by atoms with E-state index in [1.807, 2.05) is 6.92 Å². The Labute approximate surface area is 155 Å². The highest BCUT2D eigenvalue weighted by Gasteiger charge is 2.45. The molecule has 1 saturated heterocycles. The molecule has 1 aliphatic heterocycles. The standard InChI is InChI=1S/C19H23F3N2O3/c1-2-15-16(12-8-10-13(11-9-12)19(20,21)22)27-18(26)24(15)17(25)23-14-6-4-3-5-7-14/h8-11,14-16H,2-7H2,1H3,(H,23,25). The van der Waals surface area contributed by atoms with E-state index in [2.05, 4.69) is 5.32 Å². The predicted octanol–water partition coefficient (Wildman–Crippen LogP) is 5.02. The summed E-state index contributed by atoms with van der Waals surface area (Å²) >= 11 is 0. The second-order valence-electron chi connectivity index (χ2n) is 7.05. The third-order valence-electron chi connectivity index (χ3n) is 5.24. The van der Waals surface area contributed by atoms with E-state index in [9.17, 15) is 22.8 Å². The van der Waals surface area contributed by atoms with Crippen molar-refractivity contribution in [2.75, 3.05) is 0 Å². The van der Waals surface area contributed by atoms with Gasteiger partial charge in [0.15, 0.2) is 0 Å². The number of hydrogen-bond donors (Lipinski definition) is 1. The van der Waals surface area contributed by atoms with Crippen molar-refractivity contribution in [3.05, 3.63) is 35.4 Å². The zero-order valence-corrected chi connectivity index (χ0v) is 15.1. The summed E-state index contributed by atoms with van der Waals surface area (Å²) in [4.78, 5) is 26.0. The molecule has 1 aromatic rings. The first-order valence-electron chi connectivity index (χ1n) is 9.28. The predicted molar refractivity (Wildman–Crippen MR) is 92.0 cm³/mol. The average molecular weight is 384 g/mol. The highest BCUT2D eigenvalue weighted by Crippen LogP contribution is 2.36. The molecule has 1 aromatic carbocycles.